The lowest BCUT2D eigenvalue weighted by molar-refractivity contribution is -0.149. The van der Waals surface area contributed by atoms with Gasteiger partial charge < -0.3 is 63.7 Å². The Morgan fingerprint density at radius 3 is 1.04 bits per heavy atom. The number of aryl methyl sites for hydroxylation is 2. The van der Waals surface area contributed by atoms with Crippen LogP contribution in [0.15, 0.2) is 194 Å². The quantitative estimate of drug-likeness (QED) is 0.0788. The van der Waals surface area contributed by atoms with Crippen LogP contribution in [0.1, 0.15) is 94.2 Å². The maximum Gasteiger partial charge on any atom is 0.310 e. The molecular formula is C92H105BrN12O13. The van der Waals surface area contributed by atoms with E-state index in [1.54, 1.807) is 48.7 Å². The highest BCUT2D eigenvalue weighted by atomic mass is 79.9. The van der Waals surface area contributed by atoms with Crippen molar-refractivity contribution in [3.8, 4) is 51.7 Å². The normalized spacial score (nSPS) is 17.6. The number of hydrogen-bond acceptors (Lipinski definition) is 21. The van der Waals surface area contributed by atoms with E-state index in [4.69, 9.17) is 43.7 Å². The van der Waals surface area contributed by atoms with Gasteiger partial charge in [0.2, 0.25) is 0 Å². The zero-order valence-corrected chi connectivity index (χ0v) is 70.2. The zero-order valence-electron chi connectivity index (χ0n) is 68.6. The summed E-state index contributed by atoms with van der Waals surface area (Å²) in [5.41, 5.74) is 6.76. The summed E-state index contributed by atoms with van der Waals surface area (Å²) in [4.78, 5) is 83.9. The molecule has 1 saturated carbocycles. The number of piperazine rings is 4. The van der Waals surface area contributed by atoms with Crippen molar-refractivity contribution in [2.24, 2.45) is 41.6 Å². The minimum atomic E-state index is -0.771. The van der Waals surface area contributed by atoms with E-state index in [-0.39, 0.29) is 0 Å². The number of carbonyl (C=O) groups is 4. The van der Waals surface area contributed by atoms with E-state index in [9.17, 15) is 39.6 Å². The summed E-state index contributed by atoms with van der Waals surface area (Å²) in [6.07, 6.45) is 2.24. The molecule has 0 aromatic heterocycles. The van der Waals surface area contributed by atoms with Crippen molar-refractivity contribution < 1.29 is 63.3 Å². The van der Waals surface area contributed by atoms with Crippen molar-refractivity contribution in [2.45, 2.75) is 74.7 Å². The Balaban J connectivity index is 0.000000129. The number of amidine groups is 4. The van der Waals surface area contributed by atoms with Crippen LogP contribution in [-0.4, -0.2) is 245 Å². The zero-order chi connectivity index (χ0) is 83.2. The van der Waals surface area contributed by atoms with E-state index in [1.165, 1.54) is 5.56 Å². The van der Waals surface area contributed by atoms with Gasteiger partial charge in [0, 0.05) is 129 Å². The van der Waals surface area contributed by atoms with Gasteiger partial charge >= 0.3 is 23.9 Å². The molecule has 0 radical (unpaired) electrons. The van der Waals surface area contributed by atoms with Crippen molar-refractivity contribution in [1.82, 2.24) is 39.2 Å². The number of aliphatic imine (C=N–C) groups is 4. The summed E-state index contributed by atoms with van der Waals surface area (Å²) in [7, 11) is 1.65. The predicted octanol–water partition coefficient (Wildman–Crippen LogP) is 15.9. The molecule has 0 bridgehead atoms. The molecule has 1 aliphatic carbocycles. The summed E-state index contributed by atoms with van der Waals surface area (Å²) in [6.45, 7) is 30.4. The minimum absolute atomic E-state index is 0.508. The third-order valence-corrected chi connectivity index (χ3v) is 23.6. The molecule has 17 rings (SSSR count). The number of nitrogens with zero attached hydrogens (tertiary/aromatic N) is 12. The Bertz CT molecular complexity index is 5030. The van der Waals surface area contributed by atoms with Crippen LogP contribution in [0.3, 0.4) is 0 Å². The van der Waals surface area contributed by atoms with Crippen LogP contribution in [0.2, 0.25) is 0 Å². The Kier molecular flexibility index (Phi) is 25.1. The Hall–Kier alpha value is -11.2. The standard InChI is InChI=1S/C24H29N3O3.C23H27N3O4.C23H27N3O3.C22H22BrN3O3/c1-17-8-9-20-18(16-17)22(25-19-6-4-5-7-21(19)30-20)27-14-12-26(13-15-27)11-10-24(2,3)23(28)29;1-23(2,22(27)28)15-25-10-12-26(13-11-25)21-17-14-16(29-3)8-9-19(17)30-20-7-5-4-6-18(20)24-21;1-16-8-9-19-17(14-16)21(24-18-6-4-5-7-20(18)29-19)26-12-10-25(11-13-26)15-23(2,3)22(27)28;23-15-5-6-18-16(13-15)20(24-17-3-1-2-4-19(17)29-18)26-11-9-25(10-12-26)14-22(7-8-22)21(27)28/h4-9,16H,10-15H2,1-3H3,(H,28,29);4-9,14H,10-13,15H2,1-3H3,(H,27,28);4-9,14H,10-13,15H2,1-3H3,(H,27,28);1-6,13H,7-12,14H2,(H,27,28). The number of carboxylic acids is 4. The van der Waals surface area contributed by atoms with Gasteiger partial charge in [-0.1, -0.05) is 87.7 Å². The van der Waals surface area contributed by atoms with E-state index < -0.39 is 45.5 Å². The van der Waals surface area contributed by atoms with Crippen molar-refractivity contribution in [2.75, 3.05) is 138 Å². The van der Waals surface area contributed by atoms with Crippen molar-refractivity contribution in [1.29, 1.82) is 0 Å². The molecule has 618 valence electrons. The number of benzene rings is 8. The number of ether oxygens (including phenoxy) is 5. The predicted molar refractivity (Wildman–Crippen MR) is 461 cm³/mol. The van der Waals surface area contributed by atoms with E-state index >= 15 is 0 Å². The van der Waals surface area contributed by atoms with Gasteiger partial charge in [-0.3, -0.25) is 38.8 Å². The van der Waals surface area contributed by atoms with Gasteiger partial charge in [0.25, 0.3) is 0 Å². The Morgan fingerprint density at radius 1 is 0.390 bits per heavy atom. The van der Waals surface area contributed by atoms with Gasteiger partial charge in [0.05, 0.1) is 51.0 Å². The number of methoxy groups -OCH3 is 1. The van der Waals surface area contributed by atoms with Gasteiger partial charge in [-0.25, -0.2) is 20.0 Å². The first-order chi connectivity index (χ1) is 56.6. The highest BCUT2D eigenvalue weighted by molar-refractivity contribution is 9.10. The molecule has 0 unspecified atom stereocenters. The van der Waals surface area contributed by atoms with Crippen LogP contribution in [-0.2, 0) is 19.2 Å². The average molecular weight is 1670 g/mol. The van der Waals surface area contributed by atoms with Crippen LogP contribution in [0.5, 0.6) is 51.7 Å². The lowest BCUT2D eigenvalue weighted by Gasteiger charge is -2.39. The lowest BCUT2D eigenvalue weighted by atomic mass is 9.89. The van der Waals surface area contributed by atoms with Crippen LogP contribution >= 0.6 is 15.9 Å². The molecule has 8 aromatic carbocycles. The number of halogens is 1. The first-order valence-corrected chi connectivity index (χ1v) is 41.3. The average Bonchev–Trinajstić information content (AvgIpc) is 1.64. The second-order valence-electron chi connectivity index (χ2n) is 33.5. The minimum Gasteiger partial charge on any atom is -0.497 e. The van der Waals surface area contributed by atoms with Crippen molar-refractivity contribution in [3.63, 3.8) is 0 Å². The lowest BCUT2D eigenvalue weighted by Crippen LogP contribution is -2.52. The van der Waals surface area contributed by atoms with E-state index in [1.807, 2.05) is 140 Å². The summed E-state index contributed by atoms with van der Waals surface area (Å²) in [5.74, 6) is 7.65. The molecule has 0 atom stereocenters. The van der Waals surface area contributed by atoms with Gasteiger partial charge in [-0.15, -0.1) is 0 Å². The number of hydrogen-bond donors (Lipinski definition) is 4. The third-order valence-electron chi connectivity index (χ3n) is 23.2. The van der Waals surface area contributed by atoms with Crippen LogP contribution < -0.4 is 23.7 Å². The molecule has 0 spiro atoms. The largest absolute Gasteiger partial charge is 0.497 e. The molecule has 4 N–H and O–H groups in total. The number of fused-ring (bicyclic) bond motifs is 8. The third kappa shape index (κ3) is 19.5. The molecule has 26 heteroatoms. The topological polar surface area (TPSA) is 271 Å². The van der Waals surface area contributed by atoms with Gasteiger partial charge in [-0.05, 0) is 190 Å². The maximum atomic E-state index is 11.5. The molecule has 0 amide bonds. The summed E-state index contributed by atoms with van der Waals surface area (Å²) in [6, 6.07) is 55.5. The first-order valence-electron chi connectivity index (χ1n) is 40.5. The smallest absolute Gasteiger partial charge is 0.310 e. The number of para-hydroxylation sites is 8. The Labute approximate surface area is 698 Å². The molecule has 8 heterocycles. The molecule has 118 heavy (non-hydrogen) atoms. The van der Waals surface area contributed by atoms with Gasteiger partial charge in [0.1, 0.15) is 74.8 Å². The van der Waals surface area contributed by atoms with E-state index in [2.05, 4.69) is 99.3 Å². The summed E-state index contributed by atoms with van der Waals surface area (Å²) >= 11 is 3.57. The molecule has 8 aromatic rings. The fraction of sp³-hybridized carbons (Fsp3) is 0.391. The first kappa shape index (κ1) is 83.3. The molecule has 5 fully saturated rings. The Morgan fingerprint density at radius 2 is 0.703 bits per heavy atom. The fourth-order valence-corrected chi connectivity index (χ4v) is 15.9. The van der Waals surface area contributed by atoms with Crippen molar-refractivity contribution in [3.05, 3.63) is 208 Å². The second-order valence-corrected chi connectivity index (χ2v) is 34.5. The van der Waals surface area contributed by atoms with Crippen LogP contribution in [0, 0.1) is 35.5 Å². The molecule has 8 aliphatic heterocycles. The molecule has 4 saturated heterocycles. The summed E-state index contributed by atoms with van der Waals surface area (Å²) < 4.78 is 31.1. The van der Waals surface area contributed by atoms with Gasteiger partial charge in [-0.2, -0.15) is 0 Å². The molecular weight excluding hydrogens is 1560 g/mol. The fourth-order valence-electron chi connectivity index (χ4n) is 15.5. The number of carboxylic acid groups (broad SMARTS) is 4. The van der Waals surface area contributed by atoms with E-state index in [0.29, 0.717) is 26.1 Å². The summed E-state index contributed by atoms with van der Waals surface area (Å²) in [5, 5.41) is 37.7. The van der Waals surface area contributed by atoms with Gasteiger partial charge in [0.15, 0.2) is 23.0 Å². The number of rotatable bonds is 14. The highest BCUT2D eigenvalue weighted by Gasteiger charge is 2.51. The monoisotopic (exact) mass is 1660 g/mol. The second kappa shape index (κ2) is 35.6. The molecule has 9 aliphatic rings. The van der Waals surface area contributed by atoms with E-state index in [0.717, 1.165) is 254 Å². The molecule has 25 nitrogen and oxygen atoms in total. The van der Waals surface area contributed by atoms with Crippen molar-refractivity contribution >= 4 is 85.9 Å². The van der Waals surface area contributed by atoms with Crippen LogP contribution in [0.4, 0.5) is 22.7 Å². The maximum absolute atomic E-state index is 11.5. The van der Waals surface area contributed by atoms with Crippen LogP contribution in [0.25, 0.3) is 0 Å². The highest BCUT2D eigenvalue weighted by Crippen LogP contribution is 2.48. The number of aliphatic carboxylic acids is 4. The SMILES string of the molecule is COc1ccc2c(c1)C(N1CCN(CC(C)(C)C(=O)O)CC1)=Nc1ccccc1O2.Cc1ccc2c(c1)C(N1CCN(CC(C)(C)C(=O)O)CC1)=Nc1ccccc1O2.Cc1ccc2c(c1)C(N1CCN(CCC(C)(C)C(=O)O)CC1)=Nc1ccccc1O2.O=C(O)C1(CN2CCN(C3=Nc4ccccc4Oc4ccc(Br)cc43)CC2)CC1.